The molecule has 0 aliphatic carbocycles. The molecule has 8 nitrogen and oxygen atoms in total. The molecule has 1 aromatic carbocycles. The predicted octanol–water partition coefficient (Wildman–Crippen LogP) is 3.80. The Morgan fingerprint density at radius 3 is 2.33 bits per heavy atom. The van der Waals surface area contributed by atoms with Crippen LogP contribution < -0.4 is 4.72 Å². The van der Waals surface area contributed by atoms with Gasteiger partial charge in [-0.1, -0.05) is 32.9 Å². The second kappa shape index (κ2) is 7.61. The summed E-state index contributed by atoms with van der Waals surface area (Å²) in [5.41, 5.74) is 1.85. The molecular formula is C21H30N4O4S. The number of sulfonamides is 1. The van der Waals surface area contributed by atoms with E-state index in [2.05, 4.69) is 35.7 Å². The molecule has 0 fully saturated rings. The number of amides is 1. The highest BCUT2D eigenvalue weighted by Gasteiger charge is 2.30. The fourth-order valence-corrected chi connectivity index (χ4v) is 4.22. The third-order valence-electron chi connectivity index (χ3n) is 4.85. The fourth-order valence-electron chi connectivity index (χ4n) is 3.18. The number of H-pyrrole nitrogens is 1. The van der Waals surface area contributed by atoms with Crippen molar-refractivity contribution in [1.82, 2.24) is 15.1 Å². The lowest BCUT2D eigenvalue weighted by molar-refractivity contribution is 0.0224. The minimum atomic E-state index is -3.81. The summed E-state index contributed by atoms with van der Waals surface area (Å²) in [5.74, 6) is 0.207. The van der Waals surface area contributed by atoms with E-state index in [1.54, 1.807) is 17.0 Å². The molecule has 164 valence electrons. The van der Waals surface area contributed by atoms with Crippen LogP contribution in [-0.4, -0.2) is 41.8 Å². The van der Waals surface area contributed by atoms with Gasteiger partial charge in [-0.15, -0.1) is 0 Å². The summed E-state index contributed by atoms with van der Waals surface area (Å²) in [7, 11) is -3.81. The first kappa shape index (κ1) is 22.1. The van der Waals surface area contributed by atoms with E-state index >= 15 is 0 Å². The van der Waals surface area contributed by atoms with Gasteiger partial charge in [0.1, 0.15) is 5.60 Å². The topological polar surface area (TPSA) is 104 Å². The number of benzene rings is 1. The first-order valence-corrected chi connectivity index (χ1v) is 11.4. The van der Waals surface area contributed by atoms with Crippen LogP contribution in [0.25, 0.3) is 0 Å². The summed E-state index contributed by atoms with van der Waals surface area (Å²) in [5, 5.41) is 7.02. The number of fused-ring (bicyclic) bond motifs is 1. The Bertz CT molecular complexity index is 1030. The Kier molecular flexibility index (Phi) is 5.62. The normalized spacial score (nSPS) is 14.9. The smallest absolute Gasteiger partial charge is 0.410 e. The second-order valence-electron chi connectivity index (χ2n) is 9.56. The van der Waals surface area contributed by atoms with E-state index in [0.717, 1.165) is 11.3 Å². The van der Waals surface area contributed by atoms with Crippen LogP contribution in [0.3, 0.4) is 0 Å². The average Bonchev–Trinajstić information content (AvgIpc) is 3.01. The second-order valence-corrected chi connectivity index (χ2v) is 11.2. The molecule has 0 atom stereocenters. The number of anilines is 1. The SMILES string of the molecule is CC(C)(C)OC(=O)N1CCc2[nH]nc(NS(=O)(=O)c3ccc(C(C)(C)C)cc3)c2C1. The Morgan fingerprint density at radius 2 is 1.77 bits per heavy atom. The van der Waals surface area contributed by atoms with Gasteiger partial charge in [-0.25, -0.2) is 13.2 Å². The van der Waals surface area contributed by atoms with Crippen molar-refractivity contribution in [3.05, 3.63) is 41.1 Å². The molecule has 0 saturated carbocycles. The molecule has 0 radical (unpaired) electrons. The fraction of sp³-hybridized carbons (Fsp3) is 0.524. The van der Waals surface area contributed by atoms with Crippen LogP contribution in [0, 0.1) is 0 Å². The van der Waals surface area contributed by atoms with Gasteiger partial charge in [-0.3, -0.25) is 9.82 Å². The first-order chi connectivity index (χ1) is 13.8. The highest BCUT2D eigenvalue weighted by molar-refractivity contribution is 7.92. The molecule has 0 bridgehead atoms. The summed E-state index contributed by atoms with van der Waals surface area (Å²) < 4.78 is 33.8. The van der Waals surface area contributed by atoms with Gasteiger partial charge in [-0.05, 0) is 43.9 Å². The van der Waals surface area contributed by atoms with E-state index in [0.29, 0.717) is 18.5 Å². The molecule has 30 heavy (non-hydrogen) atoms. The Balaban J connectivity index is 1.79. The molecule has 2 N–H and O–H groups in total. The maximum atomic E-state index is 12.9. The number of hydrogen-bond donors (Lipinski definition) is 2. The van der Waals surface area contributed by atoms with Crippen molar-refractivity contribution in [3.8, 4) is 0 Å². The molecule has 0 spiro atoms. The van der Waals surface area contributed by atoms with Crippen molar-refractivity contribution in [2.24, 2.45) is 0 Å². The third kappa shape index (κ3) is 4.95. The zero-order valence-electron chi connectivity index (χ0n) is 18.4. The molecule has 0 saturated heterocycles. The highest BCUT2D eigenvalue weighted by atomic mass is 32.2. The highest BCUT2D eigenvalue weighted by Crippen LogP contribution is 2.28. The van der Waals surface area contributed by atoms with Crippen molar-refractivity contribution in [2.45, 2.75) is 70.4 Å². The van der Waals surface area contributed by atoms with Crippen LogP contribution in [0.4, 0.5) is 10.6 Å². The summed E-state index contributed by atoms with van der Waals surface area (Å²) in [6, 6.07) is 6.82. The number of hydrogen-bond acceptors (Lipinski definition) is 5. The van der Waals surface area contributed by atoms with Crippen molar-refractivity contribution in [3.63, 3.8) is 0 Å². The third-order valence-corrected chi connectivity index (χ3v) is 6.20. The molecule has 1 aliphatic heterocycles. The van der Waals surface area contributed by atoms with E-state index in [9.17, 15) is 13.2 Å². The monoisotopic (exact) mass is 434 g/mol. The van der Waals surface area contributed by atoms with Gasteiger partial charge in [0.05, 0.1) is 11.4 Å². The molecule has 9 heteroatoms. The van der Waals surface area contributed by atoms with Crippen LogP contribution in [0.15, 0.2) is 29.2 Å². The van der Waals surface area contributed by atoms with E-state index in [4.69, 9.17) is 4.74 Å². The number of ether oxygens (including phenoxy) is 1. The average molecular weight is 435 g/mol. The van der Waals surface area contributed by atoms with E-state index in [-0.39, 0.29) is 22.7 Å². The maximum absolute atomic E-state index is 12.9. The number of nitrogens with zero attached hydrogens (tertiary/aromatic N) is 2. The number of carbonyl (C=O) groups excluding carboxylic acids is 1. The Morgan fingerprint density at radius 1 is 1.13 bits per heavy atom. The number of rotatable bonds is 3. The van der Waals surface area contributed by atoms with Gasteiger partial charge in [0, 0.05) is 24.2 Å². The lowest BCUT2D eigenvalue weighted by atomic mass is 9.87. The first-order valence-electron chi connectivity index (χ1n) is 9.94. The van der Waals surface area contributed by atoms with Crippen LogP contribution in [0.1, 0.15) is 58.4 Å². The van der Waals surface area contributed by atoms with Crippen molar-refractivity contribution in [1.29, 1.82) is 0 Å². The van der Waals surface area contributed by atoms with Gasteiger partial charge in [0.25, 0.3) is 10.0 Å². The number of carbonyl (C=O) groups is 1. The predicted molar refractivity (Wildman–Crippen MR) is 115 cm³/mol. The molecular weight excluding hydrogens is 404 g/mol. The minimum Gasteiger partial charge on any atom is -0.444 e. The van der Waals surface area contributed by atoms with Crippen molar-refractivity contribution < 1.29 is 17.9 Å². The van der Waals surface area contributed by atoms with Crippen LogP contribution in [0.5, 0.6) is 0 Å². The molecule has 2 aromatic rings. The van der Waals surface area contributed by atoms with Gasteiger partial charge >= 0.3 is 6.09 Å². The van der Waals surface area contributed by atoms with E-state index < -0.39 is 21.7 Å². The molecule has 3 rings (SSSR count). The number of aromatic amines is 1. The van der Waals surface area contributed by atoms with Crippen molar-refractivity contribution in [2.75, 3.05) is 11.3 Å². The number of nitrogens with one attached hydrogen (secondary N) is 2. The summed E-state index contributed by atoms with van der Waals surface area (Å²) in [4.78, 5) is 14.1. The number of aromatic nitrogens is 2. The van der Waals surface area contributed by atoms with Crippen LogP contribution in [0.2, 0.25) is 0 Å². The Labute approximate surface area is 178 Å². The maximum Gasteiger partial charge on any atom is 0.410 e. The summed E-state index contributed by atoms with van der Waals surface area (Å²) in [6.45, 7) is 12.3. The van der Waals surface area contributed by atoms with E-state index in [1.165, 1.54) is 0 Å². The van der Waals surface area contributed by atoms with Crippen LogP contribution in [-0.2, 0) is 33.1 Å². The Hall–Kier alpha value is -2.55. The minimum absolute atomic E-state index is 0.0674. The lowest BCUT2D eigenvalue weighted by Gasteiger charge is -2.30. The van der Waals surface area contributed by atoms with Gasteiger partial charge in [0.15, 0.2) is 5.82 Å². The molecule has 0 unspecified atom stereocenters. The van der Waals surface area contributed by atoms with Gasteiger partial charge in [0.2, 0.25) is 0 Å². The standard InChI is InChI=1S/C21H30N4O4S/c1-20(2,3)14-7-9-15(10-8-14)30(27,28)24-18-16-13-25(12-11-17(16)22-23-18)19(26)29-21(4,5)6/h7-10H,11-13H2,1-6H3,(H2,22,23,24). The van der Waals surface area contributed by atoms with Crippen LogP contribution >= 0.6 is 0 Å². The van der Waals surface area contributed by atoms with E-state index in [1.807, 2.05) is 32.9 Å². The van der Waals surface area contributed by atoms with Gasteiger partial charge in [-0.2, -0.15) is 5.10 Å². The summed E-state index contributed by atoms with van der Waals surface area (Å²) >= 11 is 0. The lowest BCUT2D eigenvalue weighted by Crippen LogP contribution is -2.40. The summed E-state index contributed by atoms with van der Waals surface area (Å²) in [6.07, 6.45) is 0.116. The molecule has 2 heterocycles. The zero-order valence-corrected chi connectivity index (χ0v) is 19.2. The molecule has 1 amide bonds. The van der Waals surface area contributed by atoms with Gasteiger partial charge < -0.3 is 9.64 Å². The largest absolute Gasteiger partial charge is 0.444 e. The zero-order chi connectivity index (χ0) is 22.3. The quantitative estimate of drug-likeness (QED) is 0.765. The molecule has 1 aromatic heterocycles. The molecule has 1 aliphatic rings. The van der Waals surface area contributed by atoms with Crippen molar-refractivity contribution >= 4 is 21.9 Å².